The normalized spacial score (nSPS) is 19.6. The highest BCUT2D eigenvalue weighted by Crippen LogP contribution is 2.47. The molecular weight excluding hydrogens is 889 g/mol. The summed E-state index contributed by atoms with van der Waals surface area (Å²) in [6, 6.07) is 15.4. The molecule has 2 heterocycles. The number of rotatable bonds is 23. The predicted octanol–water partition coefficient (Wildman–Crippen LogP) is 5.21. The van der Waals surface area contributed by atoms with Crippen LogP contribution in [-0.4, -0.2) is 137 Å². The summed E-state index contributed by atoms with van der Waals surface area (Å²) in [5.41, 5.74) is 8.31. The Morgan fingerprint density at radius 3 is 1.72 bits per heavy atom. The molecule has 4 aromatic rings. The first kappa shape index (κ1) is 52.5. The van der Waals surface area contributed by atoms with Crippen molar-refractivity contribution < 1.29 is 76.9 Å². The molecule has 0 spiro atoms. The number of esters is 2. The highest BCUT2D eigenvalue weighted by atomic mass is 16.5. The van der Waals surface area contributed by atoms with E-state index in [1.54, 1.807) is 35.5 Å². The monoisotopic (exact) mass is 958 g/mol. The van der Waals surface area contributed by atoms with Gasteiger partial charge in [-0.05, 0) is 64.2 Å². The number of carbonyl (C=O) groups excluding carboxylic acids is 2. The van der Waals surface area contributed by atoms with Crippen molar-refractivity contribution >= 4 is 11.9 Å². The molecule has 0 saturated carbocycles. The molecule has 4 aromatic carbocycles. The maximum absolute atomic E-state index is 12.9. The van der Waals surface area contributed by atoms with Crippen LogP contribution in [0.3, 0.4) is 0 Å². The van der Waals surface area contributed by atoms with Crippen molar-refractivity contribution in [1.29, 1.82) is 0 Å². The van der Waals surface area contributed by atoms with Crippen molar-refractivity contribution in [3.05, 3.63) is 116 Å². The van der Waals surface area contributed by atoms with E-state index in [2.05, 4.69) is 20.2 Å². The summed E-state index contributed by atoms with van der Waals surface area (Å²) in [5.74, 6) is 2.26. The van der Waals surface area contributed by atoms with Gasteiger partial charge in [-0.1, -0.05) is 12.1 Å². The molecule has 0 radical (unpaired) electrons. The summed E-state index contributed by atoms with van der Waals surface area (Å²) in [6.07, 6.45) is 5.21. The van der Waals surface area contributed by atoms with Crippen LogP contribution in [0.15, 0.2) is 60.7 Å². The number of aliphatic hydroxyl groups excluding tert-OH is 4. The third-order valence-corrected chi connectivity index (χ3v) is 14.1. The van der Waals surface area contributed by atoms with Crippen molar-refractivity contribution in [3.8, 4) is 34.5 Å². The molecule has 0 fully saturated rings. The van der Waals surface area contributed by atoms with Gasteiger partial charge in [0, 0.05) is 66.5 Å². The molecule has 0 aliphatic carbocycles. The number of aliphatic hydroxyl groups is 4. The average molecular weight is 959 g/mol. The van der Waals surface area contributed by atoms with Crippen LogP contribution in [0.5, 0.6) is 34.5 Å². The molecule has 0 amide bonds. The van der Waals surface area contributed by atoms with Gasteiger partial charge in [0.05, 0.1) is 128 Å². The molecule has 2 aliphatic heterocycles. The van der Waals surface area contributed by atoms with Crippen LogP contribution in [0.1, 0.15) is 80.6 Å². The largest absolute Gasteiger partial charge is 0.496 e. The number of benzene rings is 4. The number of likely N-dealkylation sites (N-methyl/N-ethyl adjacent to an activating group) is 2. The third-order valence-electron chi connectivity index (χ3n) is 14.1. The van der Waals surface area contributed by atoms with Crippen molar-refractivity contribution in [2.45, 2.75) is 70.6 Å². The summed E-state index contributed by atoms with van der Waals surface area (Å²) >= 11 is 0. The first-order valence-electron chi connectivity index (χ1n) is 23.3. The summed E-state index contributed by atoms with van der Waals surface area (Å²) in [7, 11) is 13.9. The van der Waals surface area contributed by atoms with E-state index in [-0.39, 0.29) is 51.7 Å². The summed E-state index contributed by atoms with van der Waals surface area (Å²) in [6.45, 7) is 1.91. The molecule has 374 valence electrons. The van der Waals surface area contributed by atoms with Crippen molar-refractivity contribution in [2.24, 2.45) is 0 Å². The average Bonchev–Trinajstić information content (AvgIpc) is 3.37. The van der Waals surface area contributed by atoms with Gasteiger partial charge in [0.1, 0.15) is 23.6 Å². The van der Waals surface area contributed by atoms with Gasteiger partial charge in [-0.2, -0.15) is 0 Å². The van der Waals surface area contributed by atoms with Gasteiger partial charge in [-0.3, -0.25) is 0 Å². The molecule has 2 aliphatic rings. The van der Waals surface area contributed by atoms with Gasteiger partial charge in [0.25, 0.3) is 0 Å². The third kappa shape index (κ3) is 11.4. The molecule has 4 atom stereocenters. The number of hydrogen-bond acceptors (Lipinski definition) is 14. The van der Waals surface area contributed by atoms with E-state index in [9.17, 15) is 30.0 Å². The second-order valence-corrected chi connectivity index (χ2v) is 18.1. The molecular formula is C53H70N2O14+2. The van der Waals surface area contributed by atoms with Gasteiger partial charge in [-0.25, -0.2) is 9.59 Å². The van der Waals surface area contributed by atoms with E-state index in [0.717, 1.165) is 59.5 Å². The number of nitrogens with zero attached hydrogens (tertiary/aromatic N) is 2. The van der Waals surface area contributed by atoms with Crippen molar-refractivity contribution in [1.82, 2.24) is 0 Å². The lowest BCUT2D eigenvalue weighted by Gasteiger charge is -2.46. The summed E-state index contributed by atoms with van der Waals surface area (Å²) < 4.78 is 46.5. The minimum absolute atomic E-state index is 0.0985. The van der Waals surface area contributed by atoms with E-state index < -0.39 is 11.9 Å². The second-order valence-electron chi connectivity index (χ2n) is 18.1. The van der Waals surface area contributed by atoms with Crippen molar-refractivity contribution in [2.75, 3.05) is 96.1 Å². The predicted molar refractivity (Wildman–Crippen MR) is 257 cm³/mol. The summed E-state index contributed by atoms with van der Waals surface area (Å²) in [4.78, 5) is 25.7. The number of quaternary nitrogens is 2. The number of methoxy groups -OCH3 is 6. The summed E-state index contributed by atoms with van der Waals surface area (Å²) in [5, 5.41) is 40.9. The highest BCUT2D eigenvalue weighted by Gasteiger charge is 2.43. The lowest BCUT2D eigenvalue weighted by atomic mass is 9.82. The van der Waals surface area contributed by atoms with Crippen LogP contribution >= 0.6 is 0 Å². The molecule has 16 nitrogen and oxygen atoms in total. The Morgan fingerprint density at radius 1 is 0.594 bits per heavy atom. The fraction of sp³-hybridized carbons (Fsp3) is 0.472. The second kappa shape index (κ2) is 23.6. The Morgan fingerprint density at radius 2 is 1.14 bits per heavy atom. The standard InChI is InChI=1S/C53H70N2O14/c1-54(19-16-36-26-39(31-57)42(33-59)53(67-8)51(36)43(54)24-34-23-38(30-56)41(32-58)45(25-34)63-4)17-9-21-68-49(60)13-14-50(61)69-22-10-18-55(2)20-15-35-27-47(65-6)48(66-7)29-40(35)52(55)37-11-12-44(62-3)46(28-37)64-5/h11-14,23,25-29,43,52,56-59H,9-10,15-22,24,30-33H2,1-8H3/q+2/b14-13-. The maximum Gasteiger partial charge on any atom is 0.331 e. The molecule has 0 aromatic heterocycles. The molecule has 16 heteroatoms. The van der Waals surface area contributed by atoms with E-state index in [0.29, 0.717) is 104 Å². The highest BCUT2D eigenvalue weighted by molar-refractivity contribution is 5.91. The smallest absolute Gasteiger partial charge is 0.331 e. The zero-order chi connectivity index (χ0) is 49.9. The van der Waals surface area contributed by atoms with E-state index >= 15 is 0 Å². The van der Waals surface area contributed by atoms with Gasteiger partial charge < -0.3 is 67.3 Å². The zero-order valence-electron chi connectivity index (χ0n) is 41.3. The van der Waals surface area contributed by atoms with Crippen LogP contribution in [0.4, 0.5) is 0 Å². The van der Waals surface area contributed by atoms with Gasteiger partial charge in [0.15, 0.2) is 23.0 Å². The molecule has 4 unspecified atom stereocenters. The topological polar surface area (TPSA) is 189 Å². The number of fused-ring (bicyclic) bond motifs is 2. The van der Waals surface area contributed by atoms with Crippen LogP contribution in [0.25, 0.3) is 0 Å². The zero-order valence-corrected chi connectivity index (χ0v) is 41.3. The molecule has 4 N–H and O–H groups in total. The molecule has 0 saturated heterocycles. The molecule has 0 bridgehead atoms. The quantitative estimate of drug-likeness (QED) is 0.0328. The Labute approximate surface area is 405 Å². The lowest BCUT2D eigenvalue weighted by Crippen LogP contribution is -2.53. The lowest BCUT2D eigenvalue weighted by molar-refractivity contribution is -0.941. The van der Waals surface area contributed by atoms with Crippen LogP contribution in [0, 0.1) is 0 Å². The molecule has 6 rings (SSSR count). The number of hydrogen-bond donors (Lipinski definition) is 4. The first-order valence-corrected chi connectivity index (χ1v) is 23.3. The maximum atomic E-state index is 12.9. The van der Waals surface area contributed by atoms with Gasteiger partial charge >= 0.3 is 11.9 Å². The van der Waals surface area contributed by atoms with Gasteiger partial charge in [-0.15, -0.1) is 0 Å². The van der Waals surface area contributed by atoms with Crippen LogP contribution < -0.4 is 28.4 Å². The fourth-order valence-electron chi connectivity index (χ4n) is 10.5. The Bertz CT molecular complexity index is 2450. The molecule has 69 heavy (non-hydrogen) atoms. The Balaban J connectivity index is 1.09. The van der Waals surface area contributed by atoms with Crippen LogP contribution in [-0.2, 0) is 64.8 Å². The van der Waals surface area contributed by atoms with E-state index in [1.807, 2.05) is 42.5 Å². The Hall–Kier alpha value is -5.88. The van der Waals surface area contributed by atoms with Gasteiger partial charge in [0.2, 0.25) is 0 Å². The fourth-order valence-corrected chi connectivity index (χ4v) is 10.5. The number of carbonyl (C=O) groups is 2. The van der Waals surface area contributed by atoms with E-state index in [1.165, 1.54) is 12.7 Å². The van der Waals surface area contributed by atoms with E-state index in [4.69, 9.17) is 37.9 Å². The minimum atomic E-state index is -0.664. The SMILES string of the molecule is COc1ccc(C2c3cc(OC)c(OC)cc3CC[N+]2(C)CCCOC(=O)/C=C\C(=O)OCCC[N+]2(C)CCc3cc(CO)c(CO)c(OC)c3C2Cc2cc(CO)c(CO)c(OC)c2)cc1OC. The number of ether oxygens (including phenoxy) is 8. The minimum Gasteiger partial charge on any atom is -0.496 e. The first-order chi connectivity index (χ1) is 33.3. The Kier molecular flexibility index (Phi) is 18.0. The van der Waals surface area contributed by atoms with Crippen LogP contribution in [0.2, 0.25) is 0 Å². The van der Waals surface area contributed by atoms with Crippen molar-refractivity contribution in [3.63, 3.8) is 0 Å².